The predicted molar refractivity (Wildman–Crippen MR) is 40.1 cm³/mol. The molecule has 0 saturated heterocycles. The molecule has 0 radical (unpaired) electrons. The van der Waals surface area contributed by atoms with Crippen molar-refractivity contribution in [2.75, 3.05) is 0 Å². The van der Waals surface area contributed by atoms with Crippen molar-refractivity contribution in [2.45, 2.75) is 13.1 Å². The smallest absolute Gasteiger partial charge is 0.245 e. The number of carbonyl (C=O) groups is 2. The SMILES string of the molecule is CC(N)NC(=O)/C=C\C(N)=O. The fourth-order valence-corrected chi connectivity index (χ4v) is 0.430. The van der Waals surface area contributed by atoms with E-state index in [1.165, 1.54) is 0 Å². The van der Waals surface area contributed by atoms with E-state index in [2.05, 4.69) is 5.32 Å². The number of carbonyl (C=O) groups excluding carboxylic acids is 2. The van der Waals surface area contributed by atoms with Crippen molar-refractivity contribution < 1.29 is 9.59 Å². The van der Waals surface area contributed by atoms with E-state index in [-0.39, 0.29) is 0 Å². The largest absolute Gasteiger partial charge is 0.366 e. The van der Waals surface area contributed by atoms with Crippen LogP contribution in [0.1, 0.15) is 6.92 Å². The summed E-state index contributed by atoms with van der Waals surface area (Å²) in [5, 5.41) is 2.34. The van der Waals surface area contributed by atoms with Crippen LogP contribution in [-0.4, -0.2) is 18.0 Å². The summed E-state index contributed by atoms with van der Waals surface area (Å²) in [6, 6.07) is 0. The van der Waals surface area contributed by atoms with Crippen molar-refractivity contribution in [3.05, 3.63) is 12.2 Å². The molecule has 0 heterocycles. The first kappa shape index (κ1) is 9.64. The molecule has 5 N–H and O–H groups in total. The average molecular weight is 157 g/mol. The average Bonchev–Trinajstić information content (AvgIpc) is 1.82. The van der Waals surface area contributed by atoms with Crippen LogP contribution < -0.4 is 16.8 Å². The number of hydrogen-bond acceptors (Lipinski definition) is 3. The summed E-state index contributed by atoms with van der Waals surface area (Å²) in [4.78, 5) is 20.8. The number of primary amides is 1. The summed E-state index contributed by atoms with van der Waals surface area (Å²) in [6.07, 6.45) is 1.57. The highest BCUT2D eigenvalue weighted by Crippen LogP contribution is 1.74. The molecule has 0 aliphatic rings. The second kappa shape index (κ2) is 4.45. The summed E-state index contributed by atoms with van der Waals surface area (Å²) in [6.45, 7) is 1.61. The van der Waals surface area contributed by atoms with Crippen LogP contribution in [0.3, 0.4) is 0 Å². The molecule has 11 heavy (non-hydrogen) atoms. The van der Waals surface area contributed by atoms with Crippen molar-refractivity contribution in [1.82, 2.24) is 5.32 Å². The Hall–Kier alpha value is -1.36. The molecule has 5 heteroatoms. The summed E-state index contributed by atoms with van der Waals surface area (Å²) in [7, 11) is 0. The highest BCUT2D eigenvalue weighted by atomic mass is 16.2. The minimum Gasteiger partial charge on any atom is -0.366 e. The van der Waals surface area contributed by atoms with Gasteiger partial charge in [0.15, 0.2) is 0 Å². The first-order valence-corrected chi connectivity index (χ1v) is 3.06. The number of rotatable bonds is 3. The Kier molecular flexibility index (Phi) is 3.90. The predicted octanol–water partition coefficient (Wildman–Crippen LogP) is -1.55. The van der Waals surface area contributed by atoms with Gasteiger partial charge in [-0.05, 0) is 6.92 Å². The highest BCUT2D eigenvalue weighted by Gasteiger charge is 1.97. The van der Waals surface area contributed by atoms with Gasteiger partial charge in [0.25, 0.3) is 0 Å². The van der Waals surface area contributed by atoms with Crippen LogP contribution in [0.25, 0.3) is 0 Å². The number of nitrogens with two attached hydrogens (primary N) is 2. The molecule has 0 aliphatic heterocycles. The van der Waals surface area contributed by atoms with E-state index in [4.69, 9.17) is 11.5 Å². The maximum absolute atomic E-state index is 10.7. The Morgan fingerprint density at radius 3 is 2.36 bits per heavy atom. The second-order valence-electron chi connectivity index (χ2n) is 2.03. The van der Waals surface area contributed by atoms with Crippen molar-refractivity contribution in [2.24, 2.45) is 11.5 Å². The van der Waals surface area contributed by atoms with Crippen LogP contribution in [0.2, 0.25) is 0 Å². The lowest BCUT2D eigenvalue weighted by Crippen LogP contribution is -2.37. The summed E-state index contributed by atoms with van der Waals surface area (Å²) < 4.78 is 0. The fraction of sp³-hybridized carbons (Fsp3) is 0.333. The molecule has 5 nitrogen and oxygen atoms in total. The molecule has 0 spiro atoms. The normalized spacial score (nSPS) is 12.9. The molecule has 0 bridgehead atoms. The highest BCUT2D eigenvalue weighted by molar-refractivity contribution is 5.95. The van der Waals surface area contributed by atoms with Crippen molar-refractivity contribution in [3.8, 4) is 0 Å². The Morgan fingerprint density at radius 2 is 2.00 bits per heavy atom. The van der Waals surface area contributed by atoms with E-state index in [9.17, 15) is 9.59 Å². The zero-order valence-corrected chi connectivity index (χ0v) is 6.20. The van der Waals surface area contributed by atoms with E-state index in [0.29, 0.717) is 0 Å². The van der Waals surface area contributed by atoms with Crippen LogP contribution >= 0.6 is 0 Å². The third-order valence-corrected chi connectivity index (χ3v) is 0.769. The first-order chi connectivity index (χ1) is 5.02. The molecule has 0 aromatic rings. The molecule has 1 atom stereocenters. The van der Waals surface area contributed by atoms with Gasteiger partial charge in [0.1, 0.15) is 0 Å². The van der Waals surface area contributed by atoms with E-state index >= 15 is 0 Å². The van der Waals surface area contributed by atoms with Crippen molar-refractivity contribution >= 4 is 11.8 Å². The summed E-state index contributed by atoms with van der Waals surface area (Å²) in [5.41, 5.74) is 9.95. The molecular formula is C6H11N3O2. The zero-order chi connectivity index (χ0) is 8.85. The Bertz CT molecular complexity index is 186. The lowest BCUT2D eigenvalue weighted by Gasteiger charge is -2.03. The molecule has 62 valence electrons. The van der Waals surface area contributed by atoms with Crippen molar-refractivity contribution in [3.63, 3.8) is 0 Å². The van der Waals surface area contributed by atoms with Crippen LogP contribution in [-0.2, 0) is 9.59 Å². The van der Waals surface area contributed by atoms with Gasteiger partial charge in [-0.15, -0.1) is 0 Å². The molecule has 0 aromatic heterocycles. The number of hydrogen-bond donors (Lipinski definition) is 3. The summed E-state index contributed by atoms with van der Waals surface area (Å²) >= 11 is 0. The van der Waals surface area contributed by atoms with Gasteiger partial charge in [-0.3, -0.25) is 9.59 Å². The van der Waals surface area contributed by atoms with E-state index < -0.39 is 18.0 Å². The quantitative estimate of drug-likeness (QED) is 0.341. The molecule has 0 rings (SSSR count). The molecule has 0 saturated carbocycles. The minimum absolute atomic E-state index is 0.431. The Balaban J connectivity index is 3.78. The third kappa shape index (κ3) is 6.53. The van der Waals surface area contributed by atoms with Crippen LogP contribution in [0, 0.1) is 0 Å². The van der Waals surface area contributed by atoms with E-state index in [0.717, 1.165) is 12.2 Å². The number of nitrogens with one attached hydrogen (secondary N) is 1. The van der Waals surface area contributed by atoms with Gasteiger partial charge < -0.3 is 16.8 Å². The lowest BCUT2D eigenvalue weighted by atomic mass is 10.4. The van der Waals surface area contributed by atoms with Crippen LogP contribution in [0.5, 0.6) is 0 Å². The molecule has 1 unspecified atom stereocenters. The topological polar surface area (TPSA) is 98.2 Å². The molecule has 0 aliphatic carbocycles. The minimum atomic E-state index is -0.662. The monoisotopic (exact) mass is 157 g/mol. The van der Waals surface area contributed by atoms with Crippen LogP contribution in [0.15, 0.2) is 12.2 Å². The Morgan fingerprint density at radius 1 is 1.45 bits per heavy atom. The number of amides is 2. The van der Waals surface area contributed by atoms with Gasteiger partial charge in [-0.25, -0.2) is 0 Å². The Labute approximate surface area is 64.4 Å². The molecule has 0 aromatic carbocycles. The third-order valence-electron chi connectivity index (χ3n) is 0.769. The van der Waals surface area contributed by atoms with E-state index in [1.807, 2.05) is 0 Å². The van der Waals surface area contributed by atoms with Gasteiger partial charge >= 0.3 is 0 Å². The van der Waals surface area contributed by atoms with Gasteiger partial charge in [0, 0.05) is 12.2 Å². The fourth-order valence-electron chi connectivity index (χ4n) is 0.430. The lowest BCUT2D eigenvalue weighted by molar-refractivity contribution is -0.118. The van der Waals surface area contributed by atoms with Crippen molar-refractivity contribution in [1.29, 1.82) is 0 Å². The van der Waals surface area contributed by atoms with Gasteiger partial charge in [-0.2, -0.15) is 0 Å². The second-order valence-corrected chi connectivity index (χ2v) is 2.03. The summed E-state index contributed by atoms with van der Waals surface area (Å²) in [5.74, 6) is -1.09. The maximum atomic E-state index is 10.7. The van der Waals surface area contributed by atoms with Gasteiger partial charge in [0.2, 0.25) is 11.8 Å². The van der Waals surface area contributed by atoms with E-state index in [1.54, 1.807) is 6.92 Å². The first-order valence-electron chi connectivity index (χ1n) is 3.06. The molecule has 2 amide bonds. The van der Waals surface area contributed by atoms with Crippen LogP contribution in [0.4, 0.5) is 0 Å². The zero-order valence-electron chi connectivity index (χ0n) is 6.20. The molecular weight excluding hydrogens is 146 g/mol. The van der Waals surface area contributed by atoms with Gasteiger partial charge in [-0.1, -0.05) is 0 Å². The maximum Gasteiger partial charge on any atom is 0.245 e. The molecule has 0 fully saturated rings. The standard InChI is InChI=1S/C6H11N3O2/c1-4(7)9-6(11)3-2-5(8)10/h2-4H,7H2,1H3,(H2,8,10)(H,9,11)/b3-2-. The van der Waals surface area contributed by atoms with Gasteiger partial charge in [0.05, 0.1) is 6.17 Å².